The first kappa shape index (κ1) is 8.53. The molecule has 2 rings (SSSR count). The Kier molecular flexibility index (Phi) is 1.78. The number of carbonyl (C=O) groups is 2. The van der Waals surface area contributed by atoms with E-state index in [0.717, 1.165) is 12.8 Å². The van der Waals surface area contributed by atoms with E-state index in [1.807, 2.05) is 6.92 Å². The molecule has 2 heterocycles. The van der Waals surface area contributed by atoms with Gasteiger partial charge in [0.1, 0.15) is 6.04 Å². The van der Waals surface area contributed by atoms with E-state index in [9.17, 15) is 9.59 Å². The van der Waals surface area contributed by atoms with E-state index in [1.54, 1.807) is 4.90 Å². The van der Waals surface area contributed by atoms with Gasteiger partial charge in [-0.25, -0.2) is 4.79 Å². The van der Waals surface area contributed by atoms with Crippen molar-refractivity contribution in [2.24, 2.45) is 5.92 Å². The summed E-state index contributed by atoms with van der Waals surface area (Å²) < 4.78 is 0. The minimum Gasteiger partial charge on any atom is -0.480 e. The highest BCUT2D eigenvalue weighted by Crippen LogP contribution is 2.40. The Bertz CT molecular complexity index is 264. The molecule has 0 spiro atoms. The number of carbonyl (C=O) groups excluding carboxylic acids is 1. The van der Waals surface area contributed by atoms with Crippen LogP contribution in [0.25, 0.3) is 0 Å². The Hall–Kier alpha value is -1.06. The Morgan fingerprint density at radius 1 is 1.62 bits per heavy atom. The van der Waals surface area contributed by atoms with Gasteiger partial charge in [0.25, 0.3) is 0 Å². The zero-order valence-electron chi connectivity index (χ0n) is 7.56. The number of amides is 1. The van der Waals surface area contributed by atoms with E-state index >= 15 is 0 Å². The van der Waals surface area contributed by atoms with Gasteiger partial charge in [-0.3, -0.25) is 4.79 Å². The van der Waals surface area contributed by atoms with Crippen molar-refractivity contribution >= 4 is 11.9 Å². The zero-order chi connectivity index (χ0) is 9.59. The van der Waals surface area contributed by atoms with Gasteiger partial charge in [0, 0.05) is 6.04 Å². The van der Waals surface area contributed by atoms with Crippen molar-refractivity contribution in [3.05, 3.63) is 0 Å². The number of hydrogen-bond donors (Lipinski definition) is 1. The van der Waals surface area contributed by atoms with Crippen LogP contribution in [0.3, 0.4) is 0 Å². The molecular formula is C9H13NO3. The van der Waals surface area contributed by atoms with Crippen LogP contribution in [0.4, 0.5) is 0 Å². The predicted molar refractivity (Wildman–Crippen MR) is 45.1 cm³/mol. The second kappa shape index (κ2) is 2.72. The predicted octanol–water partition coefficient (Wildman–Crippen LogP) is 0.470. The molecule has 4 nitrogen and oxygen atoms in total. The quantitative estimate of drug-likeness (QED) is 0.633. The third-order valence-corrected chi connectivity index (χ3v) is 3.19. The molecule has 0 aliphatic carbocycles. The van der Waals surface area contributed by atoms with Crippen LogP contribution in [-0.2, 0) is 9.59 Å². The summed E-state index contributed by atoms with van der Waals surface area (Å²) in [7, 11) is 0. The fourth-order valence-electron chi connectivity index (χ4n) is 2.51. The number of fused-ring (bicyclic) bond motifs is 1. The number of aliphatic carboxylic acids is 1. The van der Waals surface area contributed by atoms with Crippen LogP contribution in [0, 0.1) is 5.92 Å². The van der Waals surface area contributed by atoms with Crippen molar-refractivity contribution in [2.45, 2.75) is 38.3 Å². The Morgan fingerprint density at radius 3 is 2.85 bits per heavy atom. The number of β-lactam (4-membered cyclic amide) rings is 1. The van der Waals surface area contributed by atoms with Crippen molar-refractivity contribution in [1.29, 1.82) is 0 Å². The lowest BCUT2D eigenvalue weighted by molar-refractivity contribution is -0.164. The maximum atomic E-state index is 11.5. The second-order valence-electron chi connectivity index (χ2n) is 3.76. The van der Waals surface area contributed by atoms with Gasteiger partial charge in [-0.1, -0.05) is 6.92 Å². The first-order chi connectivity index (χ1) is 6.16. The van der Waals surface area contributed by atoms with E-state index in [0.29, 0.717) is 6.42 Å². The van der Waals surface area contributed by atoms with E-state index in [1.165, 1.54) is 0 Å². The van der Waals surface area contributed by atoms with Crippen molar-refractivity contribution < 1.29 is 14.7 Å². The van der Waals surface area contributed by atoms with Crippen molar-refractivity contribution in [3.8, 4) is 0 Å². The summed E-state index contributed by atoms with van der Waals surface area (Å²) in [6, 6.07) is -0.320. The molecule has 2 unspecified atom stereocenters. The van der Waals surface area contributed by atoms with Crippen LogP contribution < -0.4 is 0 Å². The summed E-state index contributed by atoms with van der Waals surface area (Å²) in [5.41, 5.74) is 0. The van der Waals surface area contributed by atoms with Gasteiger partial charge in [0.15, 0.2) is 0 Å². The first-order valence-corrected chi connectivity index (χ1v) is 4.71. The molecule has 0 aromatic rings. The van der Waals surface area contributed by atoms with Crippen molar-refractivity contribution in [2.75, 3.05) is 0 Å². The molecule has 1 amide bonds. The van der Waals surface area contributed by atoms with Crippen LogP contribution in [0.1, 0.15) is 26.2 Å². The van der Waals surface area contributed by atoms with Gasteiger partial charge >= 0.3 is 5.97 Å². The van der Waals surface area contributed by atoms with Crippen molar-refractivity contribution in [1.82, 2.24) is 4.90 Å². The molecular weight excluding hydrogens is 170 g/mol. The normalized spacial score (nSPS) is 37.2. The maximum absolute atomic E-state index is 11.5. The molecule has 0 saturated carbocycles. The molecule has 2 aliphatic rings. The lowest BCUT2D eigenvalue weighted by Gasteiger charge is -2.44. The maximum Gasteiger partial charge on any atom is 0.326 e. The number of carboxylic acid groups (broad SMARTS) is 1. The number of nitrogens with zero attached hydrogens (tertiary/aromatic N) is 1. The molecule has 2 aliphatic heterocycles. The second-order valence-corrected chi connectivity index (χ2v) is 3.76. The number of hydrogen-bond acceptors (Lipinski definition) is 2. The third-order valence-electron chi connectivity index (χ3n) is 3.19. The summed E-state index contributed by atoms with van der Waals surface area (Å²) >= 11 is 0. The largest absolute Gasteiger partial charge is 0.480 e. The topological polar surface area (TPSA) is 57.6 Å². The molecule has 1 N–H and O–H groups in total. The molecule has 4 heteroatoms. The lowest BCUT2D eigenvalue weighted by atomic mass is 9.86. The Labute approximate surface area is 76.5 Å². The van der Waals surface area contributed by atoms with E-state index in [2.05, 4.69) is 0 Å². The van der Waals surface area contributed by atoms with Crippen molar-refractivity contribution in [3.63, 3.8) is 0 Å². The third kappa shape index (κ3) is 0.975. The smallest absolute Gasteiger partial charge is 0.326 e. The van der Waals surface area contributed by atoms with Gasteiger partial charge in [0.2, 0.25) is 5.91 Å². The van der Waals surface area contributed by atoms with Crippen LogP contribution in [0.5, 0.6) is 0 Å². The van der Waals surface area contributed by atoms with Crippen LogP contribution in [-0.4, -0.2) is 34.0 Å². The SMILES string of the molecule is CCC1C(=O)N2C(C(=O)O)CC[C@H]12. The number of carboxylic acids is 1. The molecule has 3 atom stereocenters. The molecule has 0 aromatic heterocycles. The monoisotopic (exact) mass is 183 g/mol. The molecule has 2 fully saturated rings. The summed E-state index contributed by atoms with van der Waals surface area (Å²) in [6.45, 7) is 1.98. The van der Waals surface area contributed by atoms with Gasteiger partial charge in [-0.2, -0.15) is 0 Å². The lowest BCUT2D eigenvalue weighted by Crippen LogP contribution is -2.61. The van der Waals surface area contributed by atoms with Crippen LogP contribution in [0.2, 0.25) is 0 Å². The molecule has 2 saturated heterocycles. The van der Waals surface area contributed by atoms with Crippen LogP contribution in [0.15, 0.2) is 0 Å². The zero-order valence-corrected chi connectivity index (χ0v) is 7.56. The average Bonchev–Trinajstić information content (AvgIpc) is 2.45. The van der Waals surface area contributed by atoms with Crippen LogP contribution >= 0.6 is 0 Å². The standard InChI is InChI=1S/C9H13NO3/c1-2-5-6-3-4-7(9(12)13)10(6)8(5)11/h5-7H,2-4H2,1H3,(H,12,13)/t5?,6-,7?/m1/s1. The molecule has 0 bridgehead atoms. The number of rotatable bonds is 2. The fourth-order valence-corrected chi connectivity index (χ4v) is 2.51. The van der Waals surface area contributed by atoms with E-state index < -0.39 is 12.0 Å². The molecule has 0 radical (unpaired) electrons. The summed E-state index contributed by atoms with van der Waals surface area (Å²) in [4.78, 5) is 23.7. The minimum absolute atomic E-state index is 0.0393. The summed E-state index contributed by atoms with van der Waals surface area (Å²) in [5, 5.41) is 8.82. The molecule has 13 heavy (non-hydrogen) atoms. The van der Waals surface area contributed by atoms with Gasteiger partial charge in [-0.15, -0.1) is 0 Å². The molecule has 72 valence electrons. The highest BCUT2D eigenvalue weighted by Gasteiger charge is 2.54. The Morgan fingerprint density at radius 2 is 2.31 bits per heavy atom. The Balaban J connectivity index is 2.12. The summed E-state index contributed by atoms with van der Waals surface area (Å²) in [5.74, 6) is -0.716. The van der Waals surface area contributed by atoms with Gasteiger partial charge in [-0.05, 0) is 19.3 Å². The van der Waals surface area contributed by atoms with Gasteiger partial charge in [0.05, 0.1) is 5.92 Å². The summed E-state index contributed by atoms with van der Waals surface area (Å²) in [6.07, 6.45) is 2.33. The van der Waals surface area contributed by atoms with Gasteiger partial charge < -0.3 is 10.0 Å². The molecule has 0 aromatic carbocycles. The minimum atomic E-state index is -0.856. The van der Waals surface area contributed by atoms with E-state index in [-0.39, 0.29) is 17.9 Å². The first-order valence-electron chi connectivity index (χ1n) is 4.71. The highest BCUT2D eigenvalue weighted by molar-refractivity contribution is 5.91. The highest BCUT2D eigenvalue weighted by atomic mass is 16.4. The van der Waals surface area contributed by atoms with E-state index in [4.69, 9.17) is 5.11 Å². The average molecular weight is 183 g/mol. The fraction of sp³-hybridized carbons (Fsp3) is 0.778.